The molecule has 0 atom stereocenters. The molecule has 1 aromatic heterocycles. The van der Waals surface area contributed by atoms with Crippen LogP contribution in [0.25, 0.3) is 0 Å². The van der Waals surface area contributed by atoms with E-state index in [0.29, 0.717) is 12.2 Å². The van der Waals surface area contributed by atoms with Gasteiger partial charge >= 0.3 is 5.97 Å². The van der Waals surface area contributed by atoms with Crippen LogP contribution in [-0.2, 0) is 9.47 Å². The highest BCUT2D eigenvalue weighted by molar-refractivity contribution is 5.88. The van der Waals surface area contributed by atoms with Crippen LogP contribution < -0.4 is 0 Å². The number of H-pyrrole nitrogens is 1. The van der Waals surface area contributed by atoms with Crippen LogP contribution in [-0.4, -0.2) is 29.4 Å². The molecule has 0 aliphatic rings. The number of carbonyl (C=O) groups is 1. The van der Waals surface area contributed by atoms with Gasteiger partial charge in [-0.2, -0.15) is 5.10 Å². The average molecular weight is 182 g/mol. The van der Waals surface area contributed by atoms with Crippen molar-refractivity contribution < 1.29 is 14.3 Å². The van der Waals surface area contributed by atoms with Crippen LogP contribution in [0.2, 0.25) is 0 Å². The summed E-state index contributed by atoms with van der Waals surface area (Å²) in [5.41, 5.74) is 0.401. The number of carbonyl (C=O) groups excluding carboxylic acids is 1. The van der Waals surface area contributed by atoms with Crippen LogP contribution >= 0.6 is 0 Å². The number of rotatable bonds is 5. The fraction of sp³-hybridized carbons (Fsp3) is 0.250. The van der Waals surface area contributed by atoms with Gasteiger partial charge in [0, 0.05) is 6.20 Å². The molecule has 1 heterocycles. The van der Waals surface area contributed by atoms with Crippen molar-refractivity contribution in [3.8, 4) is 0 Å². The van der Waals surface area contributed by atoms with Crippen LogP contribution in [0.3, 0.4) is 0 Å². The molecule has 0 aromatic carbocycles. The Balaban J connectivity index is 2.23. The Labute approximate surface area is 75.4 Å². The van der Waals surface area contributed by atoms with Gasteiger partial charge in [0.05, 0.1) is 18.0 Å². The number of esters is 1. The molecule has 0 fully saturated rings. The number of nitrogens with one attached hydrogen (secondary N) is 1. The summed E-state index contributed by atoms with van der Waals surface area (Å²) in [6.45, 7) is 3.87. The van der Waals surface area contributed by atoms with E-state index in [4.69, 9.17) is 9.47 Å². The molecule has 0 aliphatic carbocycles. The van der Waals surface area contributed by atoms with E-state index in [1.165, 1.54) is 18.7 Å². The lowest BCUT2D eigenvalue weighted by molar-refractivity contribution is 0.0421. The summed E-state index contributed by atoms with van der Waals surface area (Å²) >= 11 is 0. The summed E-state index contributed by atoms with van der Waals surface area (Å²) in [4.78, 5) is 11.1. The van der Waals surface area contributed by atoms with Crippen molar-refractivity contribution in [1.29, 1.82) is 0 Å². The summed E-state index contributed by atoms with van der Waals surface area (Å²) in [7, 11) is 0. The monoisotopic (exact) mass is 182 g/mol. The fourth-order valence-corrected chi connectivity index (χ4v) is 0.712. The average Bonchev–Trinajstić information content (AvgIpc) is 2.65. The maximum Gasteiger partial charge on any atom is 0.341 e. The zero-order valence-electron chi connectivity index (χ0n) is 7.03. The first kappa shape index (κ1) is 9.31. The largest absolute Gasteiger partial charge is 0.498 e. The van der Waals surface area contributed by atoms with Gasteiger partial charge in [0.15, 0.2) is 0 Å². The lowest BCUT2D eigenvalue weighted by Crippen LogP contribution is -2.08. The van der Waals surface area contributed by atoms with Crippen LogP contribution in [0, 0.1) is 0 Å². The fourth-order valence-electron chi connectivity index (χ4n) is 0.712. The molecule has 5 nitrogen and oxygen atoms in total. The number of aromatic nitrogens is 2. The van der Waals surface area contributed by atoms with Gasteiger partial charge in [-0.15, -0.1) is 0 Å². The molecule has 0 radical (unpaired) electrons. The highest BCUT2D eigenvalue weighted by Gasteiger charge is 2.06. The third-order valence-corrected chi connectivity index (χ3v) is 1.29. The molecular weight excluding hydrogens is 172 g/mol. The highest BCUT2D eigenvalue weighted by atomic mass is 16.6. The lowest BCUT2D eigenvalue weighted by atomic mass is 10.4. The summed E-state index contributed by atoms with van der Waals surface area (Å²) in [5, 5.41) is 6.13. The van der Waals surface area contributed by atoms with Gasteiger partial charge in [0.25, 0.3) is 0 Å². The lowest BCUT2D eigenvalue weighted by Gasteiger charge is -2.01. The molecule has 0 saturated carbocycles. The van der Waals surface area contributed by atoms with E-state index in [2.05, 4.69) is 16.8 Å². The van der Waals surface area contributed by atoms with E-state index < -0.39 is 5.97 Å². The molecule has 0 spiro atoms. The number of ether oxygens (including phenoxy) is 2. The van der Waals surface area contributed by atoms with Crippen LogP contribution in [0.15, 0.2) is 25.2 Å². The Hall–Kier alpha value is -1.78. The van der Waals surface area contributed by atoms with Gasteiger partial charge in [0.1, 0.15) is 13.2 Å². The second kappa shape index (κ2) is 4.97. The summed E-state index contributed by atoms with van der Waals surface area (Å²) < 4.78 is 9.58. The number of hydrogen-bond donors (Lipinski definition) is 1. The molecule has 0 unspecified atom stereocenters. The molecule has 13 heavy (non-hydrogen) atoms. The Morgan fingerprint density at radius 3 is 3.15 bits per heavy atom. The molecule has 70 valence electrons. The summed E-state index contributed by atoms with van der Waals surface area (Å²) in [5.74, 6) is -0.415. The smallest absolute Gasteiger partial charge is 0.341 e. The first-order valence-electron chi connectivity index (χ1n) is 3.73. The van der Waals surface area contributed by atoms with Gasteiger partial charge in [-0.05, 0) is 0 Å². The molecular formula is C8H10N2O3. The second-order valence-corrected chi connectivity index (χ2v) is 2.16. The Kier molecular flexibility index (Phi) is 3.56. The quantitative estimate of drug-likeness (QED) is 0.414. The van der Waals surface area contributed by atoms with Gasteiger partial charge < -0.3 is 9.47 Å². The van der Waals surface area contributed by atoms with Crippen molar-refractivity contribution in [1.82, 2.24) is 10.2 Å². The minimum atomic E-state index is -0.415. The maximum atomic E-state index is 11.1. The molecule has 1 rings (SSSR count). The molecule has 0 saturated heterocycles. The molecule has 0 amide bonds. The van der Waals surface area contributed by atoms with Gasteiger partial charge in [-0.3, -0.25) is 5.10 Å². The Morgan fingerprint density at radius 2 is 2.54 bits per heavy atom. The van der Waals surface area contributed by atoms with E-state index in [0.717, 1.165) is 0 Å². The van der Waals surface area contributed by atoms with Crippen LogP contribution in [0.1, 0.15) is 10.4 Å². The van der Waals surface area contributed by atoms with Gasteiger partial charge in [-0.1, -0.05) is 6.58 Å². The summed E-state index contributed by atoms with van der Waals surface area (Å²) in [6, 6.07) is 0. The van der Waals surface area contributed by atoms with Crippen molar-refractivity contribution in [2.45, 2.75) is 0 Å². The van der Waals surface area contributed by atoms with Crippen molar-refractivity contribution >= 4 is 5.97 Å². The Bertz CT molecular complexity index is 269. The number of hydrogen-bond acceptors (Lipinski definition) is 4. The van der Waals surface area contributed by atoms with E-state index in [9.17, 15) is 4.79 Å². The minimum absolute atomic E-state index is 0.204. The molecule has 1 N–H and O–H groups in total. The minimum Gasteiger partial charge on any atom is -0.498 e. The van der Waals surface area contributed by atoms with Gasteiger partial charge in [-0.25, -0.2) is 4.79 Å². The zero-order valence-corrected chi connectivity index (χ0v) is 7.03. The Morgan fingerprint density at radius 1 is 1.69 bits per heavy atom. The topological polar surface area (TPSA) is 64.2 Å². The summed E-state index contributed by atoms with van der Waals surface area (Å²) in [6.07, 6.45) is 4.17. The number of nitrogens with zero attached hydrogens (tertiary/aromatic N) is 1. The predicted octanol–water partition coefficient (Wildman–Crippen LogP) is 0.727. The van der Waals surface area contributed by atoms with Crippen molar-refractivity contribution in [3.05, 3.63) is 30.8 Å². The standard InChI is InChI=1S/C8H10N2O3/c1-2-12-3-4-13-8(11)7-5-9-10-6-7/h2,5-6H,1,3-4H2,(H,9,10). The molecule has 0 aliphatic heterocycles. The van der Waals surface area contributed by atoms with Crippen molar-refractivity contribution in [3.63, 3.8) is 0 Å². The SMILES string of the molecule is C=COCCOC(=O)c1cn[nH]c1. The van der Waals surface area contributed by atoms with E-state index in [1.54, 1.807) is 0 Å². The molecule has 1 aromatic rings. The normalized spacial score (nSPS) is 9.23. The van der Waals surface area contributed by atoms with Crippen molar-refractivity contribution in [2.75, 3.05) is 13.2 Å². The van der Waals surface area contributed by atoms with E-state index in [1.807, 2.05) is 0 Å². The predicted molar refractivity (Wildman–Crippen MR) is 45.0 cm³/mol. The first-order valence-corrected chi connectivity index (χ1v) is 3.73. The third kappa shape index (κ3) is 2.98. The van der Waals surface area contributed by atoms with Crippen LogP contribution in [0.5, 0.6) is 0 Å². The first-order chi connectivity index (χ1) is 6.34. The van der Waals surface area contributed by atoms with Gasteiger partial charge in [0.2, 0.25) is 0 Å². The van der Waals surface area contributed by atoms with Crippen LogP contribution in [0.4, 0.5) is 0 Å². The number of aromatic amines is 1. The zero-order chi connectivity index (χ0) is 9.52. The van der Waals surface area contributed by atoms with E-state index in [-0.39, 0.29) is 6.61 Å². The van der Waals surface area contributed by atoms with E-state index >= 15 is 0 Å². The third-order valence-electron chi connectivity index (χ3n) is 1.29. The highest BCUT2D eigenvalue weighted by Crippen LogP contribution is 1.96. The van der Waals surface area contributed by atoms with Crippen molar-refractivity contribution in [2.24, 2.45) is 0 Å². The molecule has 0 bridgehead atoms. The maximum absolute atomic E-state index is 11.1. The second-order valence-electron chi connectivity index (χ2n) is 2.16. The molecule has 5 heteroatoms.